The minimum absolute atomic E-state index is 0.0253. The third-order valence-electron chi connectivity index (χ3n) is 8.94. The van der Waals surface area contributed by atoms with Gasteiger partial charge in [0, 0.05) is 48.8 Å². The van der Waals surface area contributed by atoms with Gasteiger partial charge in [-0.25, -0.2) is 9.97 Å². The molecular weight excluding hydrogens is 705 g/mol. The van der Waals surface area contributed by atoms with E-state index in [1.807, 2.05) is 30.0 Å². The van der Waals surface area contributed by atoms with Gasteiger partial charge in [0.05, 0.1) is 27.7 Å². The number of nitrogens with one attached hydrogen (secondary N) is 2. The average molecular weight is 735 g/mol. The fourth-order valence-corrected chi connectivity index (χ4v) is 6.50. The molecule has 0 radical (unpaired) electrons. The minimum atomic E-state index is -4.62. The van der Waals surface area contributed by atoms with Crippen LogP contribution in [0.15, 0.2) is 59.8 Å². The van der Waals surface area contributed by atoms with Crippen molar-refractivity contribution in [3.05, 3.63) is 93.0 Å². The fourth-order valence-electron chi connectivity index (χ4n) is 6.28. The molecule has 1 saturated heterocycles. The molecule has 268 valence electrons. The molecule has 0 atom stereocenters. The molecule has 7 rings (SSSR count). The highest BCUT2D eigenvalue weighted by atomic mass is 35.5. The van der Waals surface area contributed by atoms with Gasteiger partial charge in [-0.2, -0.15) is 22.7 Å². The van der Waals surface area contributed by atoms with Gasteiger partial charge in [0.1, 0.15) is 18.6 Å². The maximum Gasteiger partial charge on any atom is 0.416 e. The number of amides is 2. The molecule has 1 aliphatic heterocycles. The summed E-state index contributed by atoms with van der Waals surface area (Å²) in [5.74, 6) is -1.11. The van der Waals surface area contributed by atoms with Gasteiger partial charge in [0.25, 0.3) is 11.5 Å². The van der Waals surface area contributed by atoms with Gasteiger partial charge in [-0.05, 0) is 55.8 Å². The van der Waals surface area contributed by atoms with Crippen molar-refractivity contribution in [1.82, 2.24) is 39.0 Å². The number of aromatic amines is 1. The van der Waals surface area contributed by atoms with E-state index in [9.17, 15) is 32.7 Å². The predicted molar refractivity (Wildman–Crippen MR) is 186 cm³/mol. The second-order valence-corrected chi connectivity index (χ2v) is 12.6. The van der Waals surface area contributed by atoms with Crippen molar-refractivity contribution < 1.29 is 27.9 Å². The predicted octanol–water partition coefficient (Wildman–Crippen LogP) is 4.68. The van der Waals surface area contributed by atoms with Crippen molar-refractivity contribution in [3.63, 3.8) is 0 Å². The van der Waals surface area contributed by atoms with E-state index in [1.54, 1.807) is 23.8 Å². The third kappa shape index (κ3) is 6.27. The van der Waals surface area contributed by atoms with Crippen LogP contribution in [-0.2, 0) is 23.9 Å². The first-order valence-electron chi connectivity index (χ1n) is 16.2. The molecule has 52 heavy (non-hydrogen) atoms. The maximum absolute atomic E-state index is 14.3. The molecule has 0 saturated carbocycles. The Morgan fingerprint density at radius 2 is 1.83 bits per heavy atom. The summed E-state index contributed by atoms with van der Waals surface area (Å²) in [5.41, 5.74) is 0.893. The largest absolute Gasteiger partial charge is 0.504 e. The first-order valence-corrected chi connectivity index (χ1v) is 16.5. The van der Waals surface area contributed by atoms with Crippen molar-refractivity contribution >= 4 is 51.5 Å². The van der Waals surface area contributed by atoms with Gasteiger partial charge >= 0.3 is 6.18 Å². The lowest BCUT2D eigenvalue weighted by Crippen LogP contribution is -2.51. The molecule has 6 aromatic rings. The van der Waals surface area contributed by atoms with Crippen LogP contribution in [0.4, 0.5) is 24.5 Å². The van der Waals surface area contributed by atoms with Gasteiger partial charge in [-0.15, -0.1) is 5.10 Å². The van der Waals surface area contributed by atoms with Crippen molar-refractivity contribution in [2.75, 3.05) is 36.4 Å². The van der Waals surface area contributed by atoms with Crippen LogP contribution in [-0.4, -0.2) is 82.1 Å². The van der Waals surface area contributed by atoms with E-state index < -0.39 is 35.7 Å². The number of nitrogens with zero attached hydrogens (tertiary/aromatic N) is 8. The van der Waals surface area contributed by atoms with Gasteiger partial charge in [0.2, 0.25) is 11.7 Å². The van der Waals surface area contributed by atoms with Crippen LogP contribution in [0.5, 0.6) is 5.75 Å². The summed E-state index contributed by atoms with van der Waals surface area (Å²) in [5, 5.41) is 18.1. The number of anilines is 2. The molecule has 1 aliphatic rings. The first kappa shape index (κ1) is 34.5. The van der Waals surface area contributed by atoms with E-state index >= 15 is 0 Å². The highest BCUT2D eigenvalue weighted by Gasteiger charge is 2.32. The van der Waals surface area contributed by atoms with E-state index in [0.717, 1.165) is 33.6 Å². The van der Waals surface area contributed by atoms with Crippen molar-refractivity contribution in [2.24, 2.45) is 0 Å². The molecule has 18 heteroatoms. The maximum atomic E-state index is 14.3. The average Bonchev–Trinajstić information content (AvgIpc) is 3.79. The number of fused-ring (bicyclic) bond motifs is 2. The minimum Gasteiger partial charge on any atom is -0.504 e. The number of aromatic hydroxyl groups is 1. The molecule has 3 N–H and O–H groups in total. The molecule has 0 spiro atoms. The summed E-state index contributed by atoms with van der Waals surface area (Å²) in [6.07, 6.45) is -1.35. The zero-order valence-electron chi connectivity index (χ0n) is 27.7. The zero-order valence-corrected chi connectivity index (χ0v) is 28.5. The van der Waals surface area contributed by atoms with E-state index in [0.29, 0.717) is 11.3 Å². The Morgan fingerprint density at radius 3 is 2.54 bits per heavy atom. The third-order valence-corrected chi connectivity index (χ3v) is 9.25. The number of aromatic nitrogens is 7. The number of carbonyl (C=O) groups is 2. The molecular formula is C34H30ClF3N10O4. The molecule has 0 aliphatic carbocycles. The lowest BCUT2D eigenvalue weighted by atomic mass is 10.1. The van der Waals surface area contributed by atoms with E-state index in [-0.39, 0.29) is 77.7 Å². The number of H-pyrrole nitrogens is 1. The summed E-state index contributed by atoms with van der Waals surface area (Å²) in [6, 6.07) is 10.0. The van der Waals surface area contributed by atoms with Crippen LogP contribution in [0.2, 0.25) is 5.02 Å². The molecule has 2 amide bonds. The number of hydrogen-bond donors (Lipinski definition) is 3. The summed E-state index contributed by atoms with van der Waals surface area (Å²) in [6.45, 7) is 3.81. The smallest absolute Gasteiger partial charge is 0.416 e. The number of carbonyl (C=O) groups excluding carboxylic acids is 2. The molecule has 0 unspecified atom stereocenters. The zero-order chi connectivity index (χ0) is 36.9. The fraction of sp³-hybridized carbons (Fsp3) is 0.265. The Labute approximate surface area is 297 Å². The van der Waals surface area contributed by atoms with Crippen LogP contribution < -0.4 is 15.8 Å². The SMILES string of the molecule is CCc1c(N2CCN(C(=O)c3ncnc(C)c3O)CC2)c(=O)n2nc(-c3ccc4[nH]ccc4c3)nc2n1CC(=O)Nc1ccc(C(F)(F)F)cc1Cl. The van der Waals surface area contributed by atoms with Crippen LogP contribution in [0.25, 0.3) is 28.1 Å². The molecule has 5 heterocycles. The second kappa shape index (κ2) is 13.3. The topological polar surface area (TPSA) is 167 Å². The highest BCUT2D eigenvalue weighted by Crippen LogP contribution is 2.34. The molecule has 14 nitrogen and oxygen atoms in total. The molecule has 0 bridgehead atoms. The second-order valence-electron chi connectivity index (χ2n) is 12.1. The summed E-state index contributed by atoms with van der Waals surface area (Å²) in [4.78, 5) is 60.1. The van der Waals surface area contributed by atoms with Crippen molar-refractivity contribution in [1.29, 1.82) is 0 Å². The molecule has 2 aromatic carbocycles. The van der Waals surface area contributed by atoms with Gasteiger partial charge in [0.15, 0.2) is 17.3 Å². The van der Waals surface area contributed by atoms with Crippen LogP contribution in [0, 0.1) is 6.92 Å². The lowest BCUT2D eigenvalue weighted by Gasteiger charge is -2.36. The van der Waals surface area contributed by atoms with Crippen LogP contribution in [0.3, 0.4) is 0 Å². The number of piperazine rings is 1. The van der Waals surface area contributed by atoms with Crippen LogP contribution in [0.1, 0.15) is 34.4 Å². The Morgan fingerprint density at radius 1 is 1.06 bits per heavy atom. The Hall–Kier alpha value is -5.97. The van der Waals surface area contributed by atoms with Crippen LogP contribution >= 0.6 is 11.6 Å². The normalized spacial score (nSPS) is 13.7. The summed E-state index contributed by atoms with van der Waals surface area (Å²) < 4.78 is 42.4. The van der Waals surface area contributed by atoms with E-state index in [4.69, 9.17) is 16.6 Å². The Bertz CT molecular complexity index is 2430. The number of alkyl halides is 3. The Balaban J connectivity index is 1.26. The number of hydrogen-bond acceptors (Lipinski definition) is 9. The number of halogens is 4. The summed E-state index contributed by atoms with van der Waals surface area (Å²) >= 11 is 6.13. The van der Waals surface area contributed by atoms with E-state index in [2.05, 4.69) is 25.4 Å². The molecule has 4 aromatic heterocycles. The van der Waals surface area contributed by atoms with Gasteiger partial charge in [-0.3, -0.25) is 14.4 Å². The monoisotopic (exact) mass is 734 g/mol. The lowest BCUT2D eigenvalue weighted by molar-refractivity contribution is -0.137. The van der Waals surface area contributed by atoms with Crippen molar-refractivity contribution in [3.8, 4) is 17.1 Å². The van der Waals surface area contributed by atoms with Gasteiger partial charge < -0.3 is 29.8 Å². The Kier molecular flexibility index (Phi) is 8.82. The highest BCUT2D eigenvalue weighted by molar-refractivity contribution is 6.33. The number of benzene rings is 2. The van der Waals surface area contributed by atoms with E-state index in [1.165, 1.54) is 11.2 Å². The quantitative estimate of drug-likeness (QED) is 0.211. The summed E-state index contributed by atoms with van der Waals surface area (Å²) in [7, 11) is 0. The number of rotatable bonds is 7. The first-order chi connectivity index (χ1) is 24.8. The number of aryl methyl sites for hydroxylation is 1. The van der Waals surface area contributed by atoms with Gasteiger partial charge in [-0.1, -0.05) is 18.5 Å². The standard InChI is InChI=1S/C34H30ClF3N10O4/c1-3-25-28(45-10-12-46(13-11-45)31(51)27-29(50)18(2)40-17-41-27)32(52)48-33(43-30(44-48)20-4-6-23-19(14-20)8-9-39-23)47(25)16-26(49)42-24-7-5-21(15-22(24)35)34(36,37)38/h4-9,14-15,17,39,50H,3,10-13,16H2,1-2H3,(H,42,49). The molecule has 1 fully saturated rings. The van der Waals surface area contributed by atoms with Crippen molar-refractivity contribution in [2.45, 2.75) is 33.0 Å².